The highest BCUT2D eigenvalue weighted by Crippen LogP contribution is 2.21. The molecule has 1 aromatic carbocycles. The van der Waals surface area contributed by atoms with Crippen LogP contribution in [0.5, 0.6) is 0 Å². The van der Waals surface area contributed by atoms with Gasteiger partial charge in [0.25, 0.3) is 5.91 Å². The highest BCUT2D eigenvalue weighted by Gasteiger charge is 2.11. The minimum atomic E-state index is -0.310. The molecule has 1 rings (SSSR count). The number of ether oxygens (including phenoxy) is 1. The number of amides is 2. The van der Waals surface area contributed by atoms with Gasteiger partial charge in [-0.3, -0.25) is 9.59 Å². The van der Waals surface area contributed by atoms with Gasteiger partial charge < -0.3 is 15.4 Å². The standard InChI is InChI=1S/C12H14Br2N2O3/c1-19-5-4-15-11(17)7-16-12(18)9-6-8(13)2-3-10(9)14/h2-3,6H,4-5,7H2,1H3,(H,15,17)(H,16,18). The Morgan fingerprint density at radius 3 is 2.68 bits per heavy atom. The van der Waals surface area contributed by atoms with E-state index in [0.717, 1.165) is 4.47 Å². The van der Waals surface area contributed by atoms with E-state index in [9.17, 15) is 9.59 Å². The summed E-state index contributed by atoms with van der Waals surface area (Å²) in [7, 11) is 1.55. The molecule has 7 heteroatoms. The predicted octanol–water partition coefficient (Wildman–Crippen LogP) is 1.70. The fraction of sp³-hybridized carbons (Fsp3) is 0.333. The van der Waals surface area contributed by atoms with Gasteiger partial charge >= 0.3 is 0 Å². The lowest BCUT2D eigenvalue weighted by Gasteiger charge is -2.08. The number of hydrogen-bond donors (Lipinski definition) is 2. The van der Waals surface area contributed by atoms with E-state index in [0.29, 0.717) is 23.2 Å². The van der Waals surface area contributed by atoms with Crippen LogP contribution < -0.4 is 10.6 Å². The first kappa shape index (κ1) is 16.1. The highest BCUT2D eigenvalue weighted by molar-refractivity contribution is 9.11. The molecule has 0 atom stereocenters. The number of carbonyl (C=O) groups excluding carboxylic acids is 2. The lowest BCUT2D eigenvalue weighted by molar-refractivity contribution is -0.120. The molecule has 2 N–H and O–H groups in total. The van der Waals surface area contributed by atoms with Gasteiger partial charge in [-0.2, -0.15) is 0 Å². The maximum absolute atomic E-state index is 11.9. The van der Waals surface area contributed by atoms with Gasteiger partial charge in [0.15, 0.2) is 0 Å². The minimum absolute atomic E-state index is 0.0680. The summed E-state index contributed by atoms with van der Waals surface area (Å²) in [4.78, 5) is 23.3. The van der Waals surface area contributed by atoms with E-state index in [1.165, 1.54) is 0 Å². The molecule has 19 heavy (non-hydrogen) atoms. The second-order valence-electron chi connectivity index (χ2n) is 3.65. The van der Waals surface area contributed by atoms with Crippen LogP contribution in [0.15, 0.2) is 27.1 Å². The van der Waals surface area contributed by atoms with Crippen molar-refractivity contribution < 1.29 is 14.3 Å². The van der Waals surface area contributed by atoms with Crippen LogP contribution >= 0.6 is 31.9 Å². The number of halogens is 2. The number of methoxy groups -OCH3 is 1. The van der Waals surface area contributed by atoms with Crippen LogP contribution in [0.1, 0.15) is 10.4 Å². The Labute approximate surface area is 128 Å². The van der Waals surface area contributed by atoms with E-state index < -0.39 is 0 Å². The maximum atomic E-state index is 11.9. The van der Waals surface area contributed by atoms with Crippen molar-refractivity contribution in [2.45, 2.75) is 0 Å². The van der Waals surface area contributed by atoms with Gasteiger partial charge in [0, 0.05) is 22.6 Å². The van der Waals surface area contributed by atoms with Gasteiger partial charge in [-0.25, -0.2) is 0 Å². The molecule has 0 unspecified atom stereocenters. The molecule has 0 spiro atoms. The topological polar surface area (TPSA) is 67.4 Å². The summed E-state index contributed by atoms with van der Waals surface area (Å²) in [5.41, 5.74) is 0.471. The van der Waals surface area contributed by atoms with E-state index in [4.69, 9.17) is 4.74 Å². The van der Waals surface area contributed by atoms with Gasteiger partial charge in [0.05, 0.1) is 18.7 Å². The molecule has 1 aromatic rings. The average molecular weight is 394 g/mol. The molecule has 0 heterocycles. The number of hydrogen-bond acceptors (Lipinski definition) is 3. The number of nitrogens with one attached hydrogen (secondary N) is 2. The summed E-state index contributed by atoms with van der Waals surface area (Å²) in [5, 5.41) is 5.17. The van der Waals surface area contributed by atoms with Crippen LogP contribution in [0.25, 0.3) is 0 Å². The Bertz CT molecular complexity index is 466. The first-order chi connectivity index (χ1) is 9.04. The van der Waals surface area contributed by atoms with E-state index in [1.807, 2.05) is 6.07 Å². The summed E-state index contributed by atoms with van der Waals surface area (Å²) in [6, 6.07) is 5.26. The summed E-state index contributed by atoms with van der Waals surface area (Å²) in [5.74, 6) is -0.563. The fourth-order valence-corrected chi connectivity index (χ4v) is 2.07. The molecule has 2 amide bonds. The molecule has 0 aliphatic heterocycles. The number of benzene rings is 1. The van der Waals surface area contributed by atoms with Crippen LogP contribution in [0, 0.1) is 0 Å². The minimum Gasteiger partial charge on any atom is -0.383 e. The summed E-state index contributed by atoms with van der Waals surface area (Å²) >= 11 is 6.58. The Balaban J connectivity index is 2.47. The van der Waals surface area contributed by atoms with Crippen LogP contribution in [-0.2, 0) is 9.53 Å². The largest absolute Gasteiger partial charge is 0.383 e. The normalized spacial score (nSPS) is 10.1. The van der Waals surface area contributed by atoms with Gasteiger partial charge in [-0.1, -0.05) is 15.9 Å². The van der Waals surface area contributed by atoms with Gasteiger partial charge in [-0.05, 0) is 34.1 Å². The molecule has 0 aliphatic rings. The van der Waals surface area contributed by atoms with Crippen molar-refractivity contribution in [1.82, 2.24) is 10.6 Å². The lowest BCUT2D eigenvalue weighted by Crippen LogP contribution is -2.38. The highest BCUT2D eigenvalue weighted by atomic mass is 79.9. The molecule has 0 bridgehead atoms. The summed E-state index contributed by atoms with van der Waals surface area (Å²) < 4.78 is 6.27. The molecular weight excluding hydrogens is 380 g/mol. The van der Waals surface area contributed by atoms with Crippen molar-refractivity contribution >= 4 is 43.7 Å². The smallest absolute Gasteiger partial charge is 0.252 e. The Kier molecular flexibility index (Phi) is 7.04. The second kappa shape index (κ2) is 8.29. The maximum Gasteiger partial charge on any atom is 0.252 e. The monoisotopic (exact) mass is 392 g/mol. The number of carbonyl (C=O) groups is 2. The van der Waals surface area contributed by atoms with E-state index in [1.54, 1.807) is 19.2 Å². The second-order valence-corrected chi connectivity index (χ2v) is 5.42. The molecule has 0 aromatic heterocycles. The van der Waals surface area contributed by atoms with Gasteiger partial charge in [0.1, 0.15) is 0 Å². The number of rotatable bonds is 6. The van der Waals surface area contributed by atoms with Crippen molar-refractivity contribution in [1.29, 1.82) is 0 Å². The van der Waals surface area contributed by atoms with E-state index >= 15 is 0 Å². The third kappa shape index (κ3) is 5.71. The van der Waals surface area contributed by atoms with Crippen molar-refractivity contribution in [3.8, 4) is 0 Å². The van der Waals surface area contributed by atoms with Crippen LogP contribution in [0.4, 0.5) is 0 Å². The SMILES string of the molecule is COCCNC(=O)CNC(=O)c1cc(Br)ccc1Br. The molecule has 104 valence electrons. The molecular formula is C12H14Br2N2O3. The van der Waals surface area contributed by atoms with Crippen molar-refractivity contribution in [2.24, 2.45) is 0 Å². The lowest BCUT2D eigenvalue weighted by atomic mass is 10.2. The van der Waals surface area contributed by atoms with Crippen LogP contribution in [0.2, 0.25) is 0 Å². The summed E-state index contributed by atoms with van der Waals surface area (Å²) in [6.07, 6.45) is 0. The zero-order valence-corrected chi connectivity index (χ0v) is 13.5. The predicted molar refractivity (Wildman–Crippen MR) is 79.1 cm³/mol. The molecule has 0 saturated carbocycles. The third-order valence-electron chi connectivity index (χ3n) is 2.21. The molecule has 0 fully saturated rings. The Morgan fingerprint density at radius 2 is 2.00 bits per heavy atom. The first-order valence-corrected chi connectivity index (χ1v) is 7.12. The van der Waals surface area contributed by atoms with Gasteiger partial charge in [0.2, 0.25) is 5.91 Å². The molecule has 5 nitrogen and oxygen atoms in total. The molecule has 0 radical (unpaired) electrons. The van der Waals surface area contributed by atoms with E-state index in [2.05, 4.69) is 42.5 Å². The average Bonchev–Trinajstić information content (AvgIpc) is 2.39. The fourth-order valence-electron chi connectivity index (χ4n) is 1.28. The van der Waals surface area contributed by atoms with Gasteiger partial charge in [-0.15, -0.1) is 0 Å². The molecule has 0 aliphatic carbocycles. The van der Waals surface area contributed by atoms with Crippen molar-refractivity contribution in [2.75, 3.05) is 26.8 Å². The zero-order valence-electron chi connectivity index (χ0n) is 10.3. The third-order valence-corrected chi connectivity index (χ3v) is 3.40. The Morgan fingerprint density at radius 1 is 1.26 bits per heavy atom. The molecule has 0 saturated heterocycles. The zero-order chi connectivity index (χ0) is 14.3. The van der Waals surface area contributed by atoms with Crippen molar-refractivity contribution in [3.05, 3.63) is 32.7 Å². The van der Waals surface area contributed by atoms with Crippen LogP contribution in [-0.4, -0.2) is 38.6 Å². The van der Waals surface area contributed by atoms with Crippen LogP contribution in [0.3, 0.4) is 0 Å². The summed E-state index contributed by atoms with van der Waals surface area (Å²) in [6.45, 7) is 0.796. The van der Waals surface area contributed by atoms with Crippen molar-refractivity contribution in [3.63, 3.8) is 0 Å². The van der Waals surface area contributed by atoms with E-state index in [-0.39, 0.29) is 18.4 Å². The Hall–Kier alpha value is -0.920. The quantitative estimate of drug-likeness (QED) is 0.723. The first-order valence-electron chi connectivity index (χ1n) is 5.53.